The first-order valence-electron chi connectivity index (χ1n) is 11.5. The van der Waals surface area contributed by atoms with Gasteiger partial charge in [0, 0.05) is 12.2 Å². The summed E-state index contributed by atoms with van der Waals surface area (Å²) in [6.45, 7) is 9.06. The minimum Gasteiger partial charge on any atom is -0.308 e. The summed E-state index contributed by atoms with van der Waals surface area (Å²) in [5.41, 5.74) is 6.15. The van der Waals surface area contributed by atoms with Gasteiger partial charge in [-0.2, -0.15) is 0 Å². The van der Waals surface area contributed by atoms with Crippen LogP contribution in [0.15, 0.2) is 77.6 Å². The molecule has 0 aliphatic carbocycles. The fraction of sp³-hybridized carbons (Fsp3) is 0.241. The Labute approximate surface area is 195 Å². The van der Waals surface area contributed by atoms with Crippen LogP contribution < -0.4 is 10.5 Å². The van der Waals surface area contributed by atoms with Crippen LogP contribution in [0, 0.1) is 13.8 Å². The molecule has 168 valence electrons. The Balaban J connectivity index is 1.85. The lowest BCUT2D eigenvalue weighted by atomic mass is 10.0. The van der Waals surface area contributed by atoms with E-state index in [9.17, 15) is 9.59 Å². The summed E-state index contributed by atoms with van der Waals surface area (Å²) in [5, 5.41) is 0.879. The number of hydrogen-bond donors (Lipinski definition) is 0. The Morgan fingerprint density at radius 1 is 0.879 bits per heavy atom. The second-order valence-corrected chi connectivity index (χ2v) is 8.45. The number of amides is 1. The number of aromatic nitrogens is 1. The lowest BCUT2D eigenvalue weighted by molar-refractivity contribution is 0.0986. The standard InChI is InChI=1S/C29H30N2O2/c1-5-22-14-16-24(17-15-22)30(6-2)28(32)25-18-23-12-7-8-13-27(23)31(29(25)33)19-26-20(3)10-9-11-21(26)4/h7-18H,5-6,19H2,1-4H3. The third kappa shape index (κ3) is 4.34. The smallest absolute Gasteiger partial charge is 0.264 e. The highest BCUT2D eigenvalue weighted by Crippen LogP contribution is 2.22. The molecule has 3 aromatic carbocycles. The number of nitrogens with zero attached hydrogens (tertiary/aromatic N) is 2. The summed E-state index contributed by atoms with van der Waals surface area (Å²) >= 11 is 0. The maximum absolute atomic E-state index is 13.7. The van der Waals surface area contributed by atoms with E-state index in [1.54, 1.807) is 15.5 Å². The molecule has 4 nitrogen and oxygen atoms in total. The molecule has 0 aliphatic heterocycles. The number of carbonyl (C=O) groups excluding carboxylic acids is 1. The van der Waals surface area contributed by atoms with Crippen LogP contribution in [0.5, 0.6) is 0 Å². The molecule has 1 amide bonds. The molecule has 0 radical (unpaired) electrons. The van der Waals surface area contributed by atoms with Gasteiger partial charge < -0.3 is 9.47 Å². The average Bonchev–Trinajstić information content (AvgIpc) is 2.83. The van der Waals surface area contributed by atoms with E-state index in [1.807, 2.05) is 61.5 Å². The molecule has 1 aromatic heterocycles. The van der Waals surface area contributed by atoms with Crippen molar-refractivity contribution in [1.29, 1.82) is 0 Å². The zero-order valence-electron chi connectivity index (χ0n) is 19.8. The second kappa shape index (κ2) is 9.45. The molecule has 0 saturated heterocycles. The van der Waals surface area contributed by atoms with Crippen molar-refractivity contribution < 1.29 is 4.79 Å². The van der Waals surface area contributed by atoms with Crippen LogP contribution in [0.1, 0.15) is 46.5 Å². The molecule has 33 heavy (non-hydrogen) atoms. The number of fused-ring (bicyclic) bond motifs is 1. The zero-order chi connectivity index (χ0) is 23.5. The Morgan fingerprint density at radius 2 is 1.55 bits per heavy atom. The number of rotatable bonds is 6. The Bertz CT molecular complexity index is 1350. The summed E-state index contributed by atoms with van der Waals surface area (Å²) in [6, 6.07) is 23.6. The van der Waals surface area contributed by atoms with Gasteiger partial charge in [-0.1, -0.05) is 55.5 Å². The lowest BCUT2D eigenvalue weighted by Gasteiger charge is -2.22. The van der Waals surface area contributed by atoms with Crippen molar-refractivity contribution in [3.63, 3.8) is 0 Å². The molecule has 4 rings (SSSR count). The van der Waals surface area contributed by atoms with Crippen LogP contribution in [-0.4, -0.2) is 17.0 Å². The van der Waals surface area contributed by atoms with Gasteiger partial charge in [-0.25, -0.2) is 0 Å². The van der Waals surface area contributed by atoms with Crippen LogP contribution in [0.4, 0.5) is 5.69 Å². The molecule has 0 saturated carbocycles. The topological polar surface area (TPSA) is 42.3 Å². The van der Waals surface area contributed by atoms with Crippen molar-refractivity contribution >= 4 is 22.5 Å². The molecule has 0 spiro atoms. The van der Waals surface area contributed by atoms with Gasteiger partial charge in [-0.3, -0.25) is 9.59 Å². The van der Waals surface area contributed by atoms with Crippen LogP contribution in [0.25, 0.3) is 10.9 Å². The highest BCUT2D eigenvalue weighted by Gasteiger charge is 2.22. The molecule has 0 aliphatic rings. The first kappa shape index (κ1) is 22.5. The van der Waals surface area contributed by atoms with Crippen molar-refractivity contribution in [3.05, 3.63) is 111 Å². The van der Waals surface area contributed by atoms with Crippen molar-refractivity contribution in [2.45, 2.75) is 40.7 Å². The number of hydrogen-bond acceptors (Lipinski definition) is 2. The zero-order valence-corrected chi connectivity index (χ0v) is 19.8. The van der Waals surface area contributed by atoms with Gasteiger partial charge in [0.15, 0.2) is 0 Å². The molecular weight excluding hydrogens is 408 g/mol. The van der Waals surface area contributed by atoms with Gasteiger partial charge >= 0.3 is 0 Å². The number of para-hydroxylation sites is 1. The molecule has 4 aromatic rings. The molecule has 0 bridgehead atoms. The average molecular weight is 439 g/mol. The Hall–Kier alpha value is -3.66. The lowest BCUT2D eigenvalue weighted by Crippen LogP contribution is -2.37. The maximum atomic E-state index is 13.7. The van der Waals surface area contributed by atoms with Gasteiger partial charge in [0.05, 0.1) is 12.1 Å². The van der Waals surface area contributed by atoms with E-state index in [-0.39, 0.29) is 17.0 Å². The first-order chi connectivity index (χ1) is 15.9. The van der Waals surface area contributed by atoms with Crippen molar-refractivity contribution in [3.8, 4) is 0 Å². The molecule has 0 fully saturated rings. The van der Waals surface area contributed by atoms with E-state index in [4.69, 9.17) is 0 Å². The Morgan fingerprint density at radius 3 is 2.18 bits per heavy atom. The van der Waals surface area contributed by atoms with Gasteiger partial charge in [0.1, 0.15) is 5.56 Å². The SMILES string of the molecule is CCc1ccc(N(CC)C(=O)c2cc3ccccc3n(Cc3c(C)cccc3C)c2=O)cc1. The van der Waals surface area contributed by atoms with E-state index >= 15 is 0 Å². The summed E-state index contributed by atoms with van der Waals surface area (Å²) in [5.74, 6) is -0.271. The van der Waals surface area contributed by atoms with Crippen molar-refractivity contribution in [1.82, 2.24) is 4.57 Å². The number of aryl methyl sites for hydroxylation is 3. The van der Waals surface area contributed by atoms with Crippen molar-refractivity contribution in [2.24, 2.45) is 0 Å². The van der Waals surface area contributed by atoms with Gasteiger partial charge in [-0.15, -0.1) is 0 Å². The quantitative estimate of drug-likeness (QED) is 0.376. The normalized spacial score (nSPS) is 11.0. The predicted octanol–water partition coefficient (Wildman–Crippen LogP) is 5.90. The molecule has 0 N–H and O–H groups in total. The highest BCUT2D eigenvalue weighted by molar-refractivity contribution is 6.07. The number of pyridine rings is 1. The number of benzene rings is 3. The van der Waals surface area contributed by atoms with Gasteiger partial charge in [-0.05, 0) is 79.1 Å². The number of anilines is 1. The molecule has 0 atom stereocenters. The van der Waals surface area contributed by atoms with Crippen LogP contribution in [0.3, 0.4) is 0 Å². The Kier molecular flexibility index (Phi) is 6.45. The first-order valence-corrected chi connectivity index (χ1v) is 11.5. The van der Waals surface area contributed by atoms with Crippen LogP contribution in [0.2, 0.25) is 0 Å². The summed E-state index contributed by atoms with van der Waals surface area (Å²) in [7, 11) is 0. The largest absolute Gasteiger partial charge is 0.308 e. The summed E-state index contributed by atoms with van der Waals surface area (Å²) in [6.07, 6.45) is 0.939. The monoisotopic (exact) mass is 438 g/mol. The maximum Gasteiger partial charge on any atom is 0.264 e. The molecule has 0 unspecified atom stereocenters. The van der Waals surface area contributed by atoms with E-state index in [2.05, 4.69) is 32.9 Å². The van der Waals surface area contributed by atoms with Crippen molar-refractivity contribution in [2.75, 3.05) is 11.4 Å². The molecule has 1 heterocycles. The minimum atomic E-state index is -0.271. The third-order valence-corrected chi connectivity index (χ3v) is 6.41. The highest BCUT2D eigenvalue weighted by atomic mass is 16.2. The van der Waals surface area contributed by atoms with E-state index < -0.39 is 0 Å². The summed E-state index contributed by atoms with van der Waals surface area (Å²) < 4.78 is 1.74. The second-order valence-electron chi connectivity index (χ2n) is 8.45. The third-order valence-electron chi connectivity index (χ3n) is 6.41. The van der Waals surface area contributed by atoms with Crippen LogP contribution >= 0.6 is 0 Å². The minimum absolute atomic E-state index is 0.196. The van der Waals surface area contributed by atoms with E-state index in [0.29, 0.717) is 13.1 Å². The van der Waals surface area contributed by atoms with Gasteiger partial charge in [0.2, 0.25) is 0 Å². The van der Waals surface area contributed by atoms with Crippen LogP contribution in [-0.2, 0) is 13.0 Å². The molecule has 4 heteroatoms. The summed E-state index contributed by atoms with van der Waals surface area (Å²) in [4.78, 5) is 29.0. The fourth-order valence-corrected chi connectivity index (χ4v) is 4.39. The van der Waals surface area contributed by atoms with E-state index in [0.717, 1.165) is 39.7 Å². The van der Waals surface area contributed by atoms with Gasteiger partial charge in [0.25, 0.3) is 11.5 Å². The molecular formula is C29H30N2O2. The predicted molar refractivity (Wildman–Crippen MR) is 136 cm³/mol. The van der Waals surface area contributed by atoms with E-state index in [1.165, 1.54) is 5.56 Å². The number of carbonyl (C=O) groups is 1. The fourth-order valence-electron chi connectivity index (χ4n) is 4.39.